The minimum absolute atomic E-state index is 0.0764. The summed E-state index contributed by atoms with van der Waals surface area (Å²) in [6, 6.07) is 4.51. The zero-order valence-electron chi connectivity index (χ0n) is 10.4. The zero-order chi connectivity index (χ0) is 14.0. The van der Waals surface area contributed by atoms with Gasteiger partial charge in [0.25, 0.3) is 5.69 Å². The van der Waals surface area contributed by atoms with Gasteiger partial charge in [-0.15, -0.1) is 0 Å². The summed E-state index contributed by atoms with van der Waals surface area (Å²) < 4.78 is 5.39. The molecular formula is C12H12ClN3O3. The third-order valence-electron chi connectivity index (χ3n) is 2.68. The van der Waals surface area contributed by atoms with Crippen molar-refractivity contribution in [1.82, 2.24) is 4.98 Å². The number of nitrogens with zero attached hydrogens (tertiary/aromatic N) is 2. The molecule has 1 aromatic carbocycles. The lowest BCUT2D eigenvalue weighted by atomic mass is 10.2. The lowest BCUT2D eigenvalue weighted by Gasteiger charge is -2.06. The molecule has 0 aliphatic rings. The van der Waals surface area contributed by atoms with E-state index in [0.717, 1.165) is 11.5 Å². The van der Waals surface area contributed by atoms with E-state index >= 15 is 0 Å². The second-order valence-electron chi connectivity index (χ2n) is 3.99. The van der Waals surface area contributed by atoms with Gasteiger partial charge in [0.05, 0.1) is 22.2 Å². The zero-order valence-corrected chi connectivity index (χ0v) is 11.2. The molecule has 0 saturated carbocycles. The largest absolute Gasteiger partial charge is 0.444 e. The second kappa shape index (κ2) is 5.27. The summed E-state index contributed by atoms with van der Waals surface area (Å²) in [7, 11) is 0. The van der Waals surface area contributed by atoms with Crippen LogP contribution in [-0.4, -0.2) is 9.91 Å². The average molecular weight is 282 g/mol. The number of para-hydroxylation sites is 1. The van der Waals surface area contributed by atoms with E-state index in [4.69, 9.17) is 16.0 Å². The molecule has 7 heteroatoms. The summed E-state index contributed by atoms with van der Waals surface area (Å²) in [6.45, 7) is 3.88. The predicted molar refractivity (Wildman–Crippen MR) is 71.4 cm³/mol. The first-order valence-corrected chi connectivity index (χ1v) is 5.96. The van der Waals surface area contributed by atoms with Gasteiger partial charge in [0.2, 0.25) is 5.89 Å². The quantitative estimate of drug-likeness (QED) is 0.685. The molecule has 0 radical (unpaired) electrons. The Morgan fingerprint density at radius 3 is 2.79 bits per heavy atom. The Hall–Kier alpha value is -2.08. The number of hydrogen-bond donors (Lipinski definition) is 1. The molecular weight excluding hydrogens is 270 g/mol. The van der Waals surface area contributed by atoms with Gasteiger partial charge in [0.1, 0.15) is 11.4 Å². The number of nitrogens with one attached hydrogen (secondary N) is 1. The van der Waals surface area contributed by atoms with Crippen LogP contribution in [0.2, 0.25) is 5.02 Å². The molecule has 1 N–H and O–H groups in total. The summed E-state index contributed by atoms with van der Waals surface area (Å²) >= 11 is 5.96. The van der Waals surface area contributed by atoms with Crippen LogP contribution in [0, 0.1) is 24.0 Å². The summed E-state index contributed by atoms with van der Waals surface area (Å²) in [6.07, 6.45) is 0. The van der Waals surface area contributed by atoms with Gasteiger partial charge in [-0.3, -0.25) is 10.1 Å². The number of anilines is 1. The standard InChI is InChI=1S/C12H12ClN3O3/c1-7-8(2)19-11(15-7)6-14-12-9(13)4-3-5-10(12)16(17)18/h3-5,14H,6H2,1-2H3. The van der Waals surface area contributed by atoms with Gasteiger partial charge in [-0.2, -0.15) is 0 Å². The molecule has 2 rings (SSSR count). The highest BCUT2D eigenvalue weighted by atomic mass is 35.5. The van der Waals surface area contributed by atoms with Crippen LogP contribution in [0.1, 0.15) is 17.3 Å². The van der Waals surface area contributed by atoms with Crippen molar-refractivity contribution >= 4 is 23.0 Å². The number of nitro groups is 1. The maximum Gasteiger partial charge on any atom is 0.293 e. The Balaban J connectivity index is 2.21. The van der Waals surface area contributed by atoms with Crippen molar-refractivity contribution in [3.63, 3.8) is 0 Å². The number of rotatable bonds is 4. The minimum atomic E-state index is -0.486. The van der Waals surface area contributed by atoms with Crippen LogP contribution < -0.4 is 5.32 Å². The highest BCUT2D eigenvalue weighted by Crippen LogP contribution is 2.32. The van der Waals surface area contributed by atoms with E-state index in [1.54, 1.807) is 6.07 Å². The van der Waals surface area contributed by atoms with Crippen molar-refractivity contribution in [3.05, 3.63) is 50.7 Å². The van der Waals surface area contributed by atoms with Crippen LogP contribution in [-0.2, 0) is 6.54 Å². The van der Waals surface area contributed by atoms with Crippen LogP contribution in [0.3, 0.4) is 0 Å². The van der Waals surface area contributed by atoms with Crippen LogP contribution in [0.5, 0.6) is 0 Å². The monoisotopic (exact) mass is 281 g/mol. The lowest BCUT2D eigenvalue weighted by Crippen LogP contribution is -2.03. The fraction of sp³-hybridized carbons (Fsp3) is 0.250. The van der Waals surface area contributed by atoms with E-state index in [1.807, 2.05) is 13.8 Å². The van der Waals surface area contributed by atoms with Crippen molar-refractivity contribution in [2.45, 2.75) is 20.4 Å². The molecule has 0 amide bonds. The molecule has 1 heterocycles. The Bertz CT molecular complexity index is 605. The Morgan fingerprint density at radius 2 is 2.21 bits per heavy atom. The number of hydrogen-bond acceptors (Lipinski definition) is 5. The summed E-state index contributed by atoms with van der Waals surface area (Å²) in [5.41, 5.74) is 0.987. The normalized spacial score (nSPS) is 10.5. The van der Waals surface area contributed by atoms with Crippen molar-refractivity contribution in [1.29, 1.82) is 0 Å². The molecule has 6 nitrogen and oxygen atoms in total. The summed E-state index contributed by atoms with van der Waals surface area (Å²) in [5, 5.41) is 14.1. The van der Waals surface area contributed by atoms with Gasteiger partial charge < -0.3 is 9.73 Å². The van der Waals surface area contributed by atoms with E-state index in [-0.39, 0.29) is 22.9 Å². The average Bonchev–Trinajstić information content (AvgIpc) is 2.67. The molecule has 1 aromatic heterocycles. The smallest absolute Gasteiger partial charge is 0.293 e. The first-order valence-electron chi connectivity index (χ1n) is 5.58. The SMILES string of the molecule is Cc1nc(CNc2c(Cl)cccc2[N+](=O)[O-])oc1C. The predicted octanol–water partition coefficient (Wildman–Crippen LogP) is 3.47. The highest BCUT2D eigenvalue weighted by Gasteiger charge is 2.17. The Morgan fingerprint density at radius 1 is 1.47 bits per heavy atom. The van der Waals surface area contributed by atoms with E-state index in [1.165, 1.54) is 12.1 Å². The van der Waals surface area contributed by atoms with Crippen molar-refractivity contribution in [3.8, 4) is 0 Å². The fourth-order valence-electron chi connectivity index (χ4n) is 1.62. The minimum Gasteiger partial charge on any atom is -0.444 e. The van der Waals surface area contributed by atoms with E-state index in [9.17, 15) is 10.1 Å². The number of benzene rings is 1. The van der Waals surface area contributed by atoms with Crippen LogP contribution in [0.15, 0.2) is 22.6 Å². The lowest BCUT2D eigenvalue weighted by molar-refractivity contribution is -0.384. The molecule has 100 valence electrons. The maximum absolute atomic E-state index is 10.9. The van der Waals surface area contributed by atoms with Crippen molar-refractivity contribution < 1.29 is 9.34 Å². The number of aryl methyl sites for hydroxylation is 2. The fourth-order valence-corrected chi connectivity index (χ4v) is 1.86. The third-order valence-corrected chi connectivity index (χ3v) is 2.99. The molecule has 19 heavy (non-hydrogen) atoms. The molecule has 0 spiro atoms. The van der Waals surface area contributed by atoms with Crippen LogP contribution in [0.4, 0.5) is 11.4 Å². The maximum atomic E-state index is 10.9. The first kappa shape index (κ1) is 13.4. The topological polar surface area (TPSA) is 81.2 Å². The summed E-state index contributed by atoms with van der Waals surface area (Å²) in [4.78, 5) is 14.6. The van der Waals surface area contributed by atoms with Gasteiger partial charge >= 0.3 is 0 Å². The van der Waals surface area contributed by atoms with Crippen molar-refractivity contribution in [2.24, 2.45) is 0 Å². The van der Waals surface area contributed by atoms with E-state index < -0.39 is 4.92 Å². The number of aromatic nitrogens is 1. The van der Waals surface area contributed by atoms with Crippen LogP contribution in [0.25, 0.3) is 0 Å². The molecule has 0 aliphatic carbocycles. The van der Waals surface area contributed by atoms with E-state index in [2.05, 4.69) is 10.3 Å². The Labute approximate surface area is 114 Å². The number of nitro benzene ring substituents is 1. The van der Waals surface area contributed by atoms with Crippen molar-refractivity contribution in [2.75, 3.05) is 5.32 Å². The second-order valence-corrected chi connectivity index (χ2v) is 4.40. The highest BCUT2D eigenvalue weighted by molar-refractivity contribution is 6.33. The van der Waals surface area contributed by atoms with Crippen LogP contribution >= 0.6 is 11.6 Å². The summed E-state index contributed by atoms with van der Waals surface area (Å²) in [5.74, 6) is 1.19. The molecule has 0 bridgehead atoms. The van der Waals surface area contributed by atoms with Gasteiger partial charge in [-0.25, -0.2) is 4.98 Å². The molecule has 0 fully saturated rings. The van der Waals surface area contributed by atoms with Gasteiger partial charge in [-0.05, 0) is 19.9 Å². The third kappa shape index (κ3) is 2.85. The molecule has 2 aromatic rings. The van der Waals surface area contributed by atoms with Gasteiger partial charge in [0.15, 0.2) is 0 Å². The van der Waals surface area contributed by atoms with E-state index in [0.29, 0.717) is 5.89 Å². The number of oxazole rings is 1. The molecule has 0 unspecified atom stereocenters. The number of halogens is 1. The molecule has 0 saturated heterocycles. The first-order chi connectivity index (χ1) is 8.99. The van der Waals surface area contributed by atoms with Gasteiger partial charge in [0, 0.05) is 6.07 Å². The van der Waals surface area contributed by atoms with Gasteiger partial charge in [-0.1, -0.05) is 17.7 Å². The Kier molecular flexibility index (Phi) is 3.71. The molecule has 0 atom stereocenters. The molecule has 0 aliphatic heterocycles.